The zero-order chi connectivity index (χ0) is 14.7. The average Bonchev–Trinajstić information content (AvgIpc) is 2.41. The molecule has 110 valence electrons. The summed E-state index contributed by atoms with van der Waals surface area (Å²) in [6.07, 6.45) is 5.01. The van der Waals surface area contributed by atoms with Crippen molar-refractivity contribution in [2.75, 3.05) is 7.05 Å². The minimum absolute atomic E-state index is 0.201. The lowest BCUT2D eigenvalue weighted by atomic mass is 9.85. The van der Waals surface area contributed by atoms with Crippen LogP contribution in [0.25, 0.3) is 0 Å². The highest BCUT2D eigenvalue weighted by Crippen LogP contribution is 2.28. The predicted molar refractivity (Wildman–Crippen MR) is 80.3 cm³/mol. The molecule has 2 unspecified atom stereocenters. The highest BCUT2D eigenvalue weighted by Gasteiger charge is 2.25. The largest absolute Gasteiger partial charge is 0.384 e. The molecule has 0 heterocycles. The van der Waals surface area contributed by atoms with Crippen molar-refractivity contribution >= 4 is 5.84 Å². The summed E-state index contributed by atoms with van der Waals surface area (Å²) in [4.78, 5) is 2.24. The highest BCUT2D eigenvalue weighted by atomic mass is 19.1. The molecule has 3 N–H and O–H groups in total. The molecule has 1 saturated carbocycles. The van der Waals surface area contributed by atoms with Crippen molar-refractivity contribution in [3.05, 3.63) is 35.1 Å². The molecular weight excluding hydrogens is 253 g/mol. The lowest BCUT2D eigenvalue weighted by Gasteiger charge is -2.36. The van der Waals surface area contributed by atoms with Gasteiger partial charge in [0, 0.05) is 18.2 Å². The van der Waals surface area contributed by atoms with Gasteiger partial charge in [-0.05, 0) is 31.9 Å². The standard InChI is InChI=1S/C16H24FN3/c1-11-6-3-4-9-14(11)20(2)10-12-7-5-8-13(15(12)17)16(18)19/h5,7-8,11,14H,3-4,6,9-10H2,1-2H3,(H3,18,19). The number of amidine groups is 1. The maximum Gasteiger partial charge on any atom is 0.138 e. The van der Waals surface area contributed by atoms with Crippen LogP contribution in [0.15, 0.2) is 18.2 Å². The first kappa shape index (κ1) is 15.0. The zero-order valence-corrected chi connectivity index (χ0v) is 12.3. The van der Waals surface area contributed by atoms with Crippen LogP contribution in [0.5, 0.6) is 0 Å². The van der Waals surface area contributed by atoms with Crippen LogP contribution in [0, 0.1) is 17.1 Å². The quantitative estimate of drug-likeness (QED) is 0.656. The molecule has 1 aliphatic carbocycles. The Hall–Kier alpha value is -1.42. The molecule has 0 bridgehead atoms. The smallest absolute Gasteiger partial charge is 0.138 e. The SMILES string of the molecule is CC1CCCCC1N(C)Cc1cccc(C(=N)N)c1F. The van der Waals surface area contributed by atoms with Gasteiger partial charge >= 0.3 is 0 Å². The van der Waals surface area contributed by atoms with E-state index in [-0.39, 0.29) is 17.2 Å². The van der Waals surface area contributed by atoms with Gasteiger partial charge in [0.15, 0.2) is 0 Å². The third kappa shape index (κ3) is 3.18. The molecule has 1 aromatic rings. The van der Waals surface area contributed by atoms with Gasteiger partial charge in [-0.3, -0.25) is 10.3 Å². The summed E-state index contributed by atoms with van der Waals surface area (Å²) in [6.45, 7) is 2.85. The van der Waals surface area contributed by atoms with Gasteiger partial charge in [-0.25, -0.2) is 4.39 Å². The van der Waals surface area contributed by atoms with Crippen molar-refractivity contribution < 1.29 is 4.39 Å². The van der Waals surface area contributed by atoms with Crippen LogP contribution in [-0.2, 0) is 6.54 Å². The molecule has 3 nitrogen and oxygen atoms in total. The van der Waals surface area contributed by atoms with Crippen molar-refractivity contribution in [3.63, 3.8) is 0 Å². The van der Waals surface area contributed by atoms with Gasteiger partial charge in [0.05, 0.1) is 5.56 Å². The number of nitrogens with two attached hydrogens (primary N) is 1. The maximum absolute atomic E-state index is 14.3. The fourth-order valence-electron chi connectivity index (χ4n) is 3.25. The number of halogens is 1. The Kier molecular flexibility index (Phi) is 4.76. The van der Waals surface area contributed by atoms with Crippen molar-refractivity contribution in [1.29, 1.82) is 5.41 Å². The molecule has 20 heavy (non-hydrogen) atoms. The second-order valence-corrected chi connectivity index (χ2v) is 5.94. The molecule has 0 spiro atoms. The lowest BCUT2D eigenvalue weighted by molar-refractivity contribution is 0.132. The van der Waals surface area contributed by atoms with Crippen LogP contribution in [-0.4, -0.2) is 23.8 Å². The van der Waals surface area contributed by atoms with Crippen molar-refractivity contribution in [2.24, 2.45) is 11.7 Å². The molecule has 1 fully saturated rings. The van der Waals surface area contributed by atoms with Crippen molar-refractivity contribution in [3.8, 4) is 0 Å². The summed E-state index contributed by atoms with van der Waals surface area (Å²) >= 11 is 0. The fraction of sp³-hybridized carbons (Fsp3) is 0.562. The zero-order valence-electron chi connectivity index (χ0n) is 12.3. The molecule has 2 atom stereocenters. The second-order valence-electron chi connectivity index (χ2n) is 5.94. The molecule has 2 rings (SSSR count). The molecular formula is C16H24FN3. The number of nitrogens with zero attached hydrogens (tertiary/aromatic N) is 1. The van der Waals surface area contributed by atoms with Gasteiger partial charge in [-0.15, -0.1) is 0 Å². The Balaban J connectivity index is 2.13. The normalized spacial score (nSPS) is 23.0. The van der Waals surface area contributed by atoms with E-state index in [1.807, 2.05) is 0 Å². The summed E-state index contributed by atoms with van der Waals surface area (Å²) in [7, 11) is 2.06. The van der Waals surface area contributed by atoms with E-state index in [1.165, 1.54) is 25.7 Å². The third-order valence-electron chi connectivity index (χ3n) is 4.42. The first-order chi connectivity index (χ1) is 9.50. The number of hydrogen-bond donors (Lipinski definition) is 2. The van der Waals surface area contributed by atoms with Crippen LogP contribution in [0.4, 0.5) is 4.39 Å². The minimum Gasteiger partial charge on any atom is -0.384 e. The minimum atomic E-state index is -0.352. The van der Waals surface area contributed by atoms with Gasteiger partial charge in [-0.1, -0.05) is 31.9 Å². The Bertz CT molecular complexity index is 487. The van der Waals surface area contributed by atoms with E-state index in [1.54, 1.807) is 18.2 Å². The first-order valence-corrected chi connectivity index (χ1v) is 7.32. The fourth-order valence-corrected chi connectivity index (χ4v) is 3.25. The van der Waals surface area contributed by atoms with Crippen molar-refractivity contribution in [2.45, 2.75) is 45.2 Å². The number of rotatable bonds is 4. The number of nitrogen functional groups attached to an aromatic ring is 1. The second kappa shape index (κ2) is 6.35. The number of benzene rings is 1. The Morgan fingerprint density at radius 1 is 1.40 bits per heavy atom. The Morgan fingerprint density at radius 2 is 2.10 bits per heavy atom. The van der Waals surface area contributed by atoms with Gasteiger partial charge in [0.1, 0.15) is 11.7 Å². The average molecular weight is 277 g/mol. The van der Waals surface area contributed by atoms with E-state index in [0.29, 0.717) is 24.1 Å². The van der Waals surface area contributed by atoms with E-state index in [0.717, 1.165) is 0 Å². The van der Waals surface area contributed by atoms with Crippen LogP contribution in [0.1, 0.15) is 43.7 Å². The van der Waals surface area contributed by atoms with E-state index >= 15 is 0 Å². The monoisotopic (exact) mass is 277 g/mol. The topological polar surface area (TPSA) is 53.1 Å². The summed E-state index contributed by atoms with van der Waals surface area (Å²) in [5.41, 5.74) is 6.23. The molecule has 0 amide bonds. The third-order valence-corrected chi connectivity index (χ3v) is 4.42. The molecule has 0 aromatic heterocycles. The van der Waals surface area contributed by atoms with Gasteiger partial charge in [-0.2, -0.15) is 0 Å². The molecule has 1 aliphatic rings. The van der Waals surface area contributed by atoms with Gasteiger partial charge in [0.25, 0.3) is 0 Å². The van der Waals surface area contributed by atoms with Crippen LogP contribution < -0.4 is 5.73 Å². The molecule has 0 aliphatic heterocycles. The van der Waals surface area contributed by atoms with E-state index in [2.05, 4.69) is 18.9 Å². The Labute approximate surface area is 120 Å². The van der Waals surface area contributed by atoms with Gasteiger partial charge in [0.2, 0.25) is 0 Å². The van der Waals surface area contributed by atoms with Crippen molar-refractivity contribution in [1.82, 2.24) is 4.90 Å². The van der Waals surface area contributed by atoms with Crippen LogP contribution >= 0.6 is 0 Å². The number of nitrogens with one attached hydrogen (secondary N) is 1. The predicted octanol–water partition coefficient (Wildman–Crippen LogP) is 3.12. The summed E-state index contributed by atoms with van der Waals surface area (Å²) in [5.74, 6) is 0.0983. The van der Waals surface area contributed by atoms with E-state index in [9.17, 15) is 4.39 Å². The van der Waals surface area contributed by atoms with Crippen LogP contribution in [0.2, 0.25) is 0 Å². The first-order valence-electron chi connectivity index (χ1n) is 7.32. The maximum atomic E-state index is 14.3. The van der Waals surface area contributed by atoms with E-state index in [4.69, 9.17) is 11.1 Å². The highest BCUT2D eigenvalue weighted by molar-refractivity contribution is 5.95. The molecule has 4 heteroatoms. The molecule has 0 saturated heterocycles. The van der Waals surface area contributed by atoms with E-state index < -0.39 is 0 Å². The molecule has 1 aromatic carbocycles. The van der Waals surface area contributed by atoms with Gasteiger partial charge < -0.3 is 5.73 Å². The number of hydrogen-bond acceptors (Lipinski definition) is 2. The molecule has 0 radical (unpaired) electrons. The van der Waals surface area contributed by atoms with Crippen LogP contribution in [0.3, 0.4) is 0 Å². The summed E-state index contributed by atoms with van der Waals surface area (Å²) in [6, 6.07) is 5.63. The Morgan fingerprint density at radius 3 is 2.75 bits per heavy atom. The summed E-state index contributed by atoms with van der Waals surface area (Å²) < 4.78 is 14.3. The summed E-state index contributed by atoms with van der Waals surface area (Å²) in [5, 5.41) is 7.41. The lowest BCUT2D eigenvalue weighted by Crippen LogP contribution is -2.38.